The van der Waals surface area contributed by atoms with Gasteiger partial charge in [0.2, 0.25) is 10.0 Å². The van der Waals surface area contributed by atoms with E-state index in [-0.39, 0.29) is 17.0 Å². The SMILES string of the molecule is CNS(=O)(=O)c1cccc(C(C)Nc2ccc(OC3CCCCC3O)cc2)c1. The number of aliphatic hydroxyl groups is 1. The average Bonchev–Trinajstić information content (AvgIpc) is 2.71. The number of benzene rings is 2. The van der Waals surface area contributed by atoms with Crippen LogP contribution in [0.3, 0.4) is 0 Å². The Bertz CT molecular complexity index is 884. The molecular weight excluding hydrogens is 376 g/mol. The first-order valence-corrected chi connectivity index (χ1v) is 11.1. The number of rotatable bonds is 7. The Morgan fingerprint density at radius 1 is 1.11 bits per heavy atom. The zero-order valence-electron chi connectivity index (χ0n) is 16.3. The number of sulfonamides is 1. The molecule has 1 aliphatic carbocycles. The van der Waals surface area contributed by atoms with E-state index in [0.29, 0.717) is 0 Å². The van der Waals surface area contributed by atoms with Gasteiger partial charge in [0, 0.05) is 11.7 Å². The van der Waals surface area contributed by atoms with Gasteiger partial charge in [0.25, 0.3) is 0 Å². The van der Waals surface area contributed by atoms with Gasteiger partial charge in [-0.2, -0.15) is 0 Å². The average molecular weight is 405 g/mol. The van der Waals surface area contributed by atoms with Crippen molar-refractivity contribution in [2.45, 2.75) is 55.8 Å². The van der Waals surface area contributed by atoms with E-state index in [4.69, 9.17) is 4.74 Å². The number of hydrogen-bond donors (Lipinski definition) is 3. The standard InChI is InChI=1S/C21H28N2O4S/c1-15(16-6-5-7-19(14-16)28(25,26)22-2)23-17-10-12-18(13-11-17)27-21-9-4-3-8-20(21)24/h5-7,10-15,20-24H,3-4,8-9H2,1-2H3. The number of nitrogens with one attached hydrogen (secondary N) is 2. The third-order valence-electron chi connectivity index (χ3n) is 5.13. The molecule has 1 fully saturated rings. The Morgan fingerprint density at radius 2 is 1.82 bits per heavy atom. The summed E-state index contributed by atoms with van der Waals surface area (Å²) in [5, 5.41) is 13.4. The molecule has 28 heavy (non-hydrogen) atoms. The van der Waals surface area contributed by atoms with Crippen molar-refractivity contribution in [3.63, 3.8) is 0 Å². The van der Waals surface area contributed by atoms with Crippen LogP contribution in [0.2, 0.25) is 0 Å². The van der Waals surface area contributed by atoms with Crippen molar-refractivity contribution in [3.05, 3.63) is 54.1 Å². The van der Waals surface area contributed by atoms with E-state index in [9.17, 15) is 13.5 Å². The van der Waals surface area contributed by atoms with E-state index in [1.165, 1.54) is 7.05 Å². The van der Waals surface area contributed by atoms with Gasteiger partial charge in [0.15, 0.2) is 0 Å². The lowest BCUT2D eigenvalue weighted by atomic mass is 9.95. The van der Waals surface area contributed by atoms with Crippen LogP contribution in [0.4, 0.5) is 5.69 Å². The second-order valence-electron chi connectivity index (χ2n) is 7.18. The molecule has 152 valence electrons. The van der Waals surface area contributed by atoms with Crippen LogP contribution in [0.1, 0.15) is 44.2 Å². The van der Waals surface area contributed by atoms with Crippen molar-refractivity contribution in [1.82, 2.24) is 4.72 Å². The molecule has 3 atom stereocenters. The molecule has 0 spiro atoms. The summed E-state index contributed by atoms with van der Waals surface area (Å²) < 4.78 is 32.3. The molecule has 7 heteroatoms. The normalized spacial score (nSPS) is 21.1. The summed E-state index contributed by atoms with van der Waals surface area (Å²) in [5.41, 5.74) is 1.79. The third kappa shape index (κ3) is 5.04. The minimum Gasteiger partial charge on any atom is -0.488 e. The van der Waals surface area contributed by atoms with Crippen LogP contribution in [-0.2, 0) is 10.0 Å². The highest BCUT2D eigenvalue weighted by molar-refractivity contribution is 7.89. The van der Waals surface area contributed by atoms with Crippen LogP contribution in [0.15, 0.2) is 53.4 Å². The van der Waals surface area contributed by atoms with Gasteiger partial charge in [0.05, 0.1) is 11.0 Å². The van der Waals surface area contributed by atoms with Gasteiger partial charge in [-0.05, 0) is 75.2 Å². The summed E-state index contributed by atoms with van der Waals surface area (Å²) in [6.45, 7) is 1.98. The van der Waals surface area contributed by atoms with Crippen LogP contribution in [-0.4, -0.2) is 32.8 Å². The fraction of sp³-hybridized carbons (Fsp3) is 0.429. The number of anilines is 1. The van der Waals surface area contributed by atoms with Crippen LogP contribution < -0.4 is 14.8 Å². The van der Waals surface area contributed by atoms with Gasteiger partial charge in [-0.1, -0.05) is 18.6 Å². The molecule has 0 bridgehead atoms. The second kappa shape index (κ2) is 8.94. The van der Waals surface area contributed by atoms with Crippen LogP contribution in [0.25, 0.3) is 0 Å². The monoisotopic (exact) mass is 404 g/mol. The fourth-order valence-corrected chi connectivity index (χ4v) is 4.21. The summed E-state index contributed by atoms with van der Waals surface area (Å²) in [5.74, 6) is 0.742. The largest absolute Gasteiger partial charge is 0.488 e. The van der Waals surface area contributed by atoms with E-state index < -0.39 is 16.1 Å². The topological polar surface area (TPSA) is 87.7 Å². The lowest BCUT2D eigenvalue weighted by molar-refractivity contribution is 0.00688. The quantitative estimate of drug-likeness (QED) is 0.658. The van der Waals surface area contributed by atoms with E-state index in [2.05, 4.69) is 10.0 Å². The summed E-state index contributed by atoms with van der Waals surface area (Å²) in [6, 6.07) is 14.4. The smallest absolute Gasteiger partial charge is 0.240 e. The fourth-order valence-electron chi connectivity index (χ4n) is 3.42. The van der Waals surface area contributed by atoms with Gasteiger partial charge in [-0.3, -0.25) is 0 Å². The Morgan fingerprint density at radius 3 is 2.50 bits per heavy atom. The van der Waals surface area contributed by atoms with E-state index >= 15 is 0 Å². The molecule has 0 aromatic heterocycles. The molecule has 0 amide bonds. The molecule has 1 aliphatic rings. The molecule has 2 aromatic carbocycles. The molecule has 2 aromatic rings. The summed E-state index contributed by atoms with van der Waals surface area (Å²) >= 11 is 0. The van der Waals surface area contributed by atoms with Crippen LogP contribution >= 0.6 is 0 Å². The van der Waals surface area contributed by atoms with Crippen molar-refractivity contribution in [2.75, 3.05) is 12.4 Å². The molecule has 0 saturated heterocycles. The number of ether oxygens (including phenoxy) is 1. The van der Waals surface area contributed by atoms with Crippen LogP contribution in [0, 0.1) is 0 Å². The Balaban J connectivity index is 1.64. The maximum atomic E-state index is 12.0. The van der Waals surface area contributed by atoms with Gasteiger partial charge in [-0.25, -0.2) is 13.1 Å². The van der Waals surface area contributed by atoms with Gasteiger partial charge < -0.3 is 15.2 Å². The molecule has 1 saturated carbocycles. The zero-order chi connectivity index (χ0) is 20.1. The molecule has 0 heterocycles. The third-order valence-corrected chi connectivity index (χ3v) is 6.54. The lowest BCUT2D eigenvalue weighted by Crippen LogP contribution is -2.34. The van der Waals surface area contributed by atoms with Crippen molar-refractivity contribution in [1.29, 1.82) is 0 Å². The molecule has 0 radical (unpaired) electrons. The summed E-state index contributed by atoms with van der Waals surface area (Å²) in [4.78, 5) is 0.246. The highest BCUT2D eigenvalue weighted by atomic mass is 32.2. The number of aliphatic hydroxyl groups excluding tert-OH is 1. The van der Waals surface area contributed by atoms with Crippen LogP contribution in [0.5, 0.6) is 5.75 Å². The van der Waals surface area contributed by atoms with Crippen molar-refractivity contribution < 1.29 is 18.3 Å². The number of hydrogen-bond acceptors (Lipinski definition) is 5. The first-order chi connectivity index (χ1) is 13.4. The molecule has 3 N–H and O–H groups in total. The first kappa shape index (κ1) is 20.6. The summed E-state index contributed by atoms with van der Waals surface area (Å²) in [7, 11) is -2.06. The zero-order valence-corrected chi connectivity index (χ0v) is 17.1. The molecule has 3 unspecified atom stereocenters. The van der Waals surface area contributed by atoms with Crippen molar-refractivity contribution in [2.24, 2.45) is 0 Å². The van der Waals surface area contributed by atoms with Gasteiger partial charge in [-0.15, -0.1) is 0 Å². The van der Waals surface area contributed by atoms with E-state index in [1.807, 2.05) is 37.3 Å². The minimum absolute atomic E-state index is 0.0704. The van der Waals surface area contributed by atoms with Crippen molar-refractivity contribution >= 4 is 15.7 Å². The predicted molar refractivity (Wildman–Crippen MR) is 110 cm³/mol. The van der Waals surface area contributed by atoms with Gasteiger partial charge >= 0.3 is 0 Å². The summed E-state index contributed by atoms with van der Waals surface area (Å²) in [6.07, 6.45) is 3.28. The maximum absolute atomic E-state index is 12.0. The highest BCUT2D eigenvalue weighted by Gasteiger charge is 2.24. The van der Waals surface area contributed by atoms with E-state index in [1.54, 1.807) is 18.2 Å². The Labute approximate surface area is 167 Å². The molecule has 0 aliphatic heterocycles. The van der Waals surface area contributed by atoms with Crippen molar-refractivity contribution in [3.8, 4) is 5.75 Å². The lowest BCUT2D eigenvalue weighted by Gasteiger charge is -2.28. The Kier molecular flexibility index (Phi) is 6.59. The molecular formula is C21H28N2O4S. The highest BCUT2D eigenvalue weighted by Crippen LogP contribution is 2.26. The first-order valence-electron chi connectivity index (χ1n) is 9.64. The molecule has 6 nitrogen and oxygen atoms in total. The Hall–Kier alpha value is -2.09. The predicted octanol–water partition coefficient (Wildman–Crippen LogP) is 3.45. The van der Waals surface area contributed by atoms with E-state index in [0.717, 1.165) is 42.7 Å². The maximum Gasteiger partial charge on any atom is 0.240 e. The van der Waals surface area contributed by atoms with Gasteiger partial charge in [0.1, 0.15) is 11.9 Å². The molecule has 3 rings (SSSR count). The second-order valence-corrected chi connectivity index (χ2v) is 9.07. The minimum atomic E-state index is -3.47.